The maximum Gasteiger partial charge on any atom is 0.433 e. The van der Waals surface area contributed by atoms with Gasteiger partial charge in [0.15, 0.2) is 0 Å². The van der Waals surface area contributed by atoms with Gasteiger partial charge in [-0.1, -0.05) is 18.2 Å². The molecule has 0 fully saturated rings. The summed E-state index contributed by atoms with van der Waals surface area (Å²) in [5.74, 6) is -0.797. The third-order valence-corrected chi connectivity index (χ3v) is 3.33. The van der Waals surface area contributed by atoms with E-state index in [2.05, 4.69) is 15.6 Å². The molecule has 2 aromatic rings. The van der Waals surface area contributed by atoms with Crippen molar-refractivity contribution in [1.29, 1.82) is 0 Å². The van der Waals surface area contributed by atoms with Crippen molar-refractivity contribution in [2.75, 3.05) is 5.32 Å². The summed E-state index contributed by atoms with van der Waals surface area (Å²) in [6, 6.07) is 9.48. The minimum Gasteiger partial charge on any atom is -0.444 e. The van der Waals surface area contributed by atoms with Crippen LogP contribution in [0.25, 0.3) is 0 Å². The molecule has 1 aromatic heterocycles. The summed E-state index contributed by atoms with van der Waals surface area (Å²) >= 11 is 0. The standard InChI is InChI=1S/C19H20F3N3O3/c1-18(2,3)28-17(27)23-11-12-7-9-13(10-8-12)16(26)25-15-6-4-5-14(24-15)19(20,21)22/h4-10H,11H2,1-3H3,(H,23,27)(H,24,25,26). The fourth-order valence-corrected chi connectivity index (χ4v) is 2.11. The summed E-state index contributed by atoms with van der Waals surface area (Å²) in [6.45, 7) is 5.45. The van der Waals surface area contributed by atoms with Crippen LogP contribution in [0, 0.1) is 0 Å². The number of nitrogens with zero attached hydrogens (tertiary/aromatic N) is 1. The molecule has 0 aliphatic carbocycles. The predicted octanol–water partition coefficient (Wildman–Crippen LogP) is 4.38. The van der Waals surface area contributed by atoms with E-state index >= 15 is 0 Å². The number of rotatable bonds is 4. The molecule has 2 N–H and O–H groups in total. The lowest BCUT2D eigenvalue weighted by Crippen LogP contribution is -2.32. The van der Waals surface area contributed by atoms with Crippen molar-refractivity contribution in [1.82, 2.24) is 10.3 Å². The average Bonchev–Trinajstić information content (AvgIpc) is 2.58. The molecule has 0 saturated carbocycles. The molecule has 1 aromatic carbocycles. The highest BCUT2D eigenvalue weighted by Crippen LogP contribution is 2.28. The predicted molar refractivity (Wildman–Crippen MR) is 96.7 cm³/mol. The van der Waals surface area contributed by atoms with E-state index in [0.29, 0.717) is 0 Å². The lowest BCUT2D eigenvalue weighted by atomic mass is 10.1. The molecule has 0 saturated heterocycles. The molecule has 28 heavy (non-hydrogen) atoms. The summed E-state index contributed by atoms with van der Waals surface area (Å²) in [6.07, 6.45) is -5.16. The number of pyridine rings is 1. The van der Waals surface area contributed by atoms with Gasteiger partial charge in [-0.25, -0.2) is 9.78 Å². The first-order valence-corrected chi connectivity index (χ1v) is 8.35. The molecule has 0 atom stereocenters. The van der Waals surface area contributed by atoms with E-state index in [-0.39, 0.29) is 17.9 Å². The molecule has 150 valence electrons. The van der Waals surface area contributed by atoms with E-state index < -0.39 is 29.5 Å². The van der Waals surface area contributed by atoms with Gasteiger partial charge in [0, 0.05) is 12.1 Å². The van der Waals surface area contributed by atoms with Gasteiger partial charge >= 0.3 is 12.3 Å². The number of benzene rings is 1. The molecule has 9 heteroatoms. The van der Waals surface area contributed by atoms with Crippen LogP contribution in [0.1, 0.15) is 42.4 Å². The van der Waals surface area contributed by atoms with Gasteiger partial charge < -0.3 is 15.4 Å². The Hall–Kier alpha value is -3.10. The van der Waals surface area contributed by atoms with Crippen LogP contribution in [0.3, 0.4) is 0 Å². The lowest BCUT2D eigenvalue weighted by molar-refractivity contribution is -0.141. The van der Waals surface area contributed by atoms with Crippen molar-refractivity contribution in [3.8, 4) is 0 Å². The minimum absolute atomic E-state index is 0.199. The van der Waals surface area contributed by atoms with Gasteiger partial charge in [-0.2, -0.15) is 13.2 Å². The Labute approximate surface area is 160 Å². The van der Waals surface area contributed by atoms with Crippen LogP contribution in [0.4, 0.5) is 23.8 Å². The number of anilines is 1. The first-order valence-electron chi connectivity index (χ1n) is 8.35. The van der Waals surface area contributed by atoms with E-state index in [1.54, 1.807) is 32.9 Å². The number of aromatic nitrogens is 1. The molecular formula is C19H20F3N3O3. The summed E-state index contributed by atoms with van der Waals surface area (Å²) < 4.78 is 43.2. The highest BCUT2D eigenvalue weighted by molar-refractivity contribution is 6.03. The Morgan fingerprint density at radius 3 is 2.25 bits per heavy atom. The molecule has 0 spiro atoms. The molecule has 0 radical (unpaired) electrons. The number of halogens is 3. The number of ether oxygens (including phenoxy) is 1. The fraction of sp³-hybridized carbons (Fsp3) is 0.316. The van der Waals surface area contributed by atoms with Crippen LogP contribution >= 0.6 is 0 Å². The van der Waals surface area contributed by atoms with Crippen molar-refractivity contribution in [2.24, 2.45) is 0 Å². The first kappa shape index (κ1) is 21.2. The van der Waals surface area contributed by atoms with Crippen LogP contribution < -0.4 is 10.6 Å². The summed E-state index contributed by atoms with van der Waals surface area (Å²) in [4.78, 5) is 27.2. The van der Waals surface area contributed by atoms with Crippen LogP contribution in [-0.2, 0) is 17.5 Å². The zero-order valence-electron chi connectivity index (χ0n) is 15.6. The third kappa shape index (κ3) is 6.57. The Balaban J connectivity index is 1.96. The van der Waals surface area contributed by atoms with E-state index in [0.717, 1.165) is 17.7 Å². The van der Waals surface area contributed by atoms with Gasteiger partial charge in [0.1, 0.15) is 17.1 Å². The quantitative estimate of drug-likeness (QED) is 0.805. The number of carbonyl (C=O) groups is 2. The van der Waals surface area contributed by atoms with Gasteiger partial charge in [-0.3, -0.25) is 4.79 Å². The highest BCUT2D eigenvalue weighted by Gasteiger charge is 2.32. The average molecular weight is 395 g/mol. The second-order valence-electron chi connectivity index (χ2n) is 6.91. The molecule has 2 amide bonds. The van der Waals surface area contributed by atoms with Crippen molar-refractivity contribution in [3.63, 3.8) is 0 Å². The second kappa shape index (κ2) is 8.28. The fourth-order valence-electron chi connectivity index (χ4n) is 2.11. The zero-order valence-corrected chi connectivity index (χ0v) is 15.6. The first-order chi connectivity index (χ1) is 12.9. The topological polar surface area (TPSA) is 80.3 Å². The van der Waals surface area contributed by atoms with Crippen molar-refractivity contribution < 1.29 is 27.5 Å². The molecule has 1 heterocycles. The van der Waals surface area contributed by atoms with Crippen LogP contribution in [0.2, 0.25) is 0 Å². The Morgan fingerprint density at radius 2 is 1.68 bits per heavy atom. The number of carbonyl (C=O) groups excluding carboxylic acids is 2. The van der Waals surface area contributed by atoms with Crippen LogP contribution in [0.15, 0.2) is 42.5 Å². The van der Waals surface area contributed by atoms with Gasteiger partial charge in [-0.15, -0.1) is 0 Å². The summed E-state index contributed by atoms with van der Waals surface area (Å²) in [5.41, 5.74) is -0.738. The number of alkyl halides is 3. The van der Waals surface area contributed by atoms with Gasteiger partial charge in [0.25, 0.3) is 5.91 Å². The normalized spacial score (nSPS) is 11.6. The smallest absolute Gasteiger partial charge is 0.433 e. The maximum atomic E-state index is 12.7. The largest absolute Gasteiger partial charge is 0.444 e. The van der Waals surface area contributed by atoms with Gasteiger partial charge in [-0.05, 0) is 50.6 Å². The molecule has 0 aliphatic rings. The molecule has 6 nitrogen and oxygen atoms in total. The Kier molecular flexibility index (Phi) is 6.27. The maximum absolute atomic E-state index is 12.7. The number of nitrogens with one attached hydrogen (secondary N) is 2. The molecule has 0 bridgehead atoms. The van der Waals surface area contributed by atoms with E-state index in [1.165, 1.54) is 18.2 Å². The van der Waals surface area contributed by atoms with Crippen LogP contribution in [-0.4, -0.2) is 22.6 Å². The Bertz CT molecular complexity index is 844. The van der Waals surface area contributed by atoms with Crippen molar-refractivity contribution >= 4 is 17.8 Å². The molecular weight excluding hydrogens is 375 g/mol. The van der Waals surface area contributed by atoms with Gasteiger partial charge in [0.05, 0.1) is 0 Å². The number of amides is 2. The number of hydrogen-bond acceptors (Lipinski definition) is 4. The molecule has 0 unspecified atom stereocenters. The third-order valence-electron chi connectivity index (χ3n) is 3.33. The molecule has 0 aliphatic heterocycles. The second-order valence-corrected chi connectivity index (χ2v) is 6.91. The summed E-state index contributed by atoms with van der Waals surface area (Å²) in [7, 11) is 0. The van der Waals surface area contributed by atoms with Crippen molar-refractivity contribution in [3.05, 3.63) is 59.3 Å². The van der Waals surface area contributed by atoms with Crippen molar-refractivity contribution in [2.45, 2.75) is 39.1 Å². The summed E-state index contributed by atoms with van der Waals surface area (Å²) in [5, 5.41) is 4.91. The van der Waals surface area contributed by atoms with E-state index in [1.807, 2.05) is 0 Å². The highest BCUT2D eigenvalue weighted by atomic mass is 19.4. The monoisotopic (exact) mass is 395 g/mol. The lowest BCUT2D eigenvalue weighted by Gasteiger charge is -2.19. The number of hydrogen-bond donors (Lipinski definition) is 2. The Morgan fingerprint density at radius 1 is 1.04 bits per heavy atom. The van der Waals surface area contributed by atoms with Gasteiger partial charge in [0.2, 0.25) is 0 Å². The van der Waals surface area contributed by atoms with E-state index in [9.17, 15) is 22.8 Å². The minimum atomic E-state index is -4.59. The number of alkyl carbamates (subject to hydrolysis) is 1. The van der Waals surface area contributed by atoms with Crippen LogP contribution in [0.5, 0.6) is 0 Å². The SMILES string of the molecule is CC(C)(C)OC(=O)NCc1ccc(C(=O)Nc2cccc(C(F)(F)F)n2)cc1. The van der Waals surface area contributed by atoms with E-state index in [4.69, 9.17) is 4.74 Å². The molecule has 2 rings (SSSR count). The zero-order chi connectivity index (χ0) is 20.9.